The van der Waals surface area contributed by atoms with Crippen LogP contribution < -0.4 is 0 Å². The van der Waals surface area contributed by atoms with Crippen molar-refractivity contribution in [2.24, 2.45) is 0 Å². The molecule has 0 heterocycles. The van der Waals surface area contributed by atoms with Crippen LogP contribution in [0.15, 0.2) is 0 Å². The van der Waals surface area contributed by atoms with Crippen molar-refractivity contribution >= 4 is 5.97 Å². The van der Waals surface area contributed by atoms with E-state index in [4.69, 9.17) is 9.84 Å². The largest absolute Gasteiger partial charge is 0.481 e. The first-order chi connectivity index (χ1) is 5.20. The highest BCUT2D eigenvalue weighted by Crippen LogP contribution is 2.02. The van der Waals surface area contributed by atoms with Gasteiger partial charge >= 0.3 is 5.97 Å². The molecule has 11 heavy (non-hydrogen) atoms. The molecule has 0 bridgehead atoms. The number of hydrogen-bond donors (Lipinski definition) is 1. The molecular formula is C8H16O3. The highest BCUT2D eigenvalue weighted by molar-refractivity contribution is 5.66. The van der Waals surface area contributed by atoms with Crippen molar-refractivity contribution in [2.75, 3.05) is 6.61 Å². The molecular weight excluding hydrogens is 144 g/mol. The Morgan fingerprint density at radius 1 is 1.45 bits per heavy atom. The molecule has 0 aliphatic heterocycles. The van der Waals surface area contributed by atoms with Gasteiger partial charge in [-0.25, -0.2) is 0 Å². The normalized spacial score (nSPS) is 10.5. The minimum atomic E-state index is -0.795. The second-order valence-corrected chi connectivity index (χ2v) is 2.45. The molecule has 66 valence electrons. The van der Waals surface area contributed by atoms with Gasteiger partial charge in [-0.05, 0) is 12.8 Å². The monoisotopic (exact) mass is 160 g/mol. The fourth-order valence-corrected chi connectivity index (χ4v) is 0.837. The maximum atomic E-state index is 10.1. The van der Waals surface area contributed by atoms with E-state index in [1.807, 2.05) is 13.8 Å². The molecule has 0 aliphatic rings. The Morgan fingerprint density at radius 3 is 2.36 bits per heavy atom. The van der Waals surface area contributed by atoms with Crippen LogP contribution in [0, 0.1) is 0 Å². The molecule has 0 radical (unpaired) electrons. The van der Waals surface area contributed by atoms with Gasteiger partial charge in [-0.15, -0.1) is 0 Å². The van der Waals surface area contributed by atoms with E-state index in [2.05, 4.69) is 0 Å². The van der Waals surface area contributed by atoms with Crippen molar-refractivity contribution < 1.29 is 14.6 Å². The van der Waals surface area contributed by atoms with E-state index >= 15 is 0 Å². The molecule has 0 aliphatic carbocycles. The summed E-state index contributed by atoms with van der Waals surface area (Å²) in [7, 11) is 0. The molecule has 0 fully saturated rings. The molecule has 0 saturated carbocycles. The van der Waals surface area contributed by atoms with E-state index < -0.39 is 5.97 Å². The van der Waals surface area contributed by atoms with Gasteiger partial charge in [0.2, 0.25) is 0 Å². The Kier molecular flexibility index (Phi) is 5.84. The molecule has 0 aromatic rings. The highest BCUT2D eigenvalue weighted by atomic mass is 16.5. The van der Waals surface area contributed by atoms with Gasteiger partial charge < -0.3 is 9.84 Å². The lowest BCUT2D eigenvalue weighted by Crippen LogP contribution is -2.13. The Balaban J connectivity index is 3.28. The van der Waals surface area contributed by atoms with Crippen molar-refractivity contribution in [3.8, 4) is 0 Å². The third-order valence-electron chi connectivity index (χ3n) is 1.58. The molecule has 0 aromatic heterocycles. The molecule has 1 N–H and O–H groups in total. The van der Waals surface area contributed by atoms with Gasteiger partial charge in [-0.3, -0.25) is 4.79 Å². The first-order valence-electron chi connectivity index (χ1n) is 4.04. The summed E-state index contributed by atoms with van der Waals surface area (Å²) in [5, 5.41) is 8.29. The molecule has 0 unspecified atom stereocenters. The molecule has 0 spiro atoms. The van der Waals surface area contributed by atoms with Crippen molar-refractivity contribution in [1.82, 2.24) is 0 Å². The van der Waals surface area contributed by atoms with Crippen LogP contribution in [-0.4, -0.2) is 23.8 Å². The predicted molar refractivity (Wildman–Crippen MR) is 42.6 cm³/mol. The van der Waals surface area contributed by atoms with Crippen LogP contribution in [0.5, 0.6) is 0 Å². The van der Waals surface area contributed by atoms with Crippen LogP contribution in [0.1, 0.15) is 33.1 Å². The number of aliphatic carboxylic acids is 1. The van der Waals surface area contributed by atoms with E-state index in [-0.39, 0.29) is 12.5 Å². The zero-order valence-corrected chi connectivity index (χ0v) is 7.17. The quantitative estimate of drug-likeness (QED) is 0.642. The van der Waals surface area contributed by atoms with Gasteiger partial charge in [-0.1, -0.05) is 13.8 Å². The fraction of sp³-hybridized carbons (Fsp3) is 0.875. The van der Waals surface area contributed by atoms with Crippen LogP contribution >= 0.6 is 0 Å². The van der Waals surface area contributed by atoms with Crippen molar-refractivity contribution in [2.45, 2.75) is 39.2 Å². The van der Waals surface area contributed by atoms with Crippen LogP contribution in [-0.2, 0) is 9.53 Å². The van der Waals surface area contributed by atoms with Crippen LogP contribution in [0.3, 0.4) is 0 Å². The molecule has 0 atom stereocenters. The first-order valence-corrected chi connectivity index (χ1v) is 4.04. The zero-order valence-electron chi connectivity index (χ0n) is 7.17. The minimum absolute atomic E-state index is 0.108. The zero-order chi connectivity index (χ0) is 8.69. The number of carbonyl (C=O) groups is 1. The molecule has 0 rings (SSSR count). The predicted octanol–water partition coefficient (Wildman–Crippen LogP) is 1.67. The van der Waals surface area contributed by atoms with Crippen molar-refractivity contribution in [1.29, 1.82) is 0 Å². The number of ether oxygens (including phenoxy) is 1. The van der Waals surface area contributed by atoms with Crippen molar-refractivity contribution in [3.05, 3.63) is 0 Å². The van der Waals surface area contributed by atoms with Gasteiger partial charge in [0.25, 0.3) is 0 Å². The maximum Gasteiger partial charge on any atom is 0.305 e. The standard InChI is InChI=1S/C8H16O3/c1-3-7(4-2)11-6-5-8(9)10/h7H,3-6H2,1-2H3,(H,9,10). The third-order valence-corrected chi connectivity index (χ3v) is 1.58. The number of hydrogen-bond acceptors (Lipinski definition) is 2. The van der Waals surface area contributed by atoms with Crippen LogP contribution in [0.2, 0.25) is 0 Å². The van der Waals surface area contributed by atoms with Gasteiger partial charge in [0.05, 0.1) is 19.1 Å². The average molecular weight is 160 g/mol. The Morgan fingerprint density at radius 2 is 2.00 bits per heavy atom. The number of carboxylic acid groups (broad SMARTS) is 1. The van der Waals surface area contributed by atoms with Crippen molar-refractivity contribution in [3.63, 3.8) is 0 Å². The van der Waals surface area contributed by atoms with E-state index in [1.54, 1.807) is 0 Å². The summed E-state index contributed by atoms with van der Waals surface area (Å²) in [5.74, 6) is -0.795. The summed E-state index contributed by atoms with van der Waals surface area (Å²) in [5.41, 5.74) is 0. The molecule has 0 aromatic carbocycles. The summed E-state index contributed by atoms with van der Waals surface area (Å²) >= 11 is 0. The van der Waals surface area contributed by atoms with E-state index in [9.17, 15) is 4.79 Å². The molecule has 3 nitrogen and oxygen atoms in total. The second kappa shape index (κ2) is 6.16. The van der Waals surface area contributed by atoms with Gasteiger partial charge in [0.15, 0.2) is 0 Å². The van der Waals surface area contributed by atoms with Gasteiger partial charge in [0, 0.05) is 0 Å². The Bertz CT molecular complexity index is 108. The summed E-state index contributed by atoms with van der Waals surface area (Å²) in [6.07, 6.45) is 2.25. The maximum absolute atomic E-state index is 10.1. The molecule has 3 heteroatoms. The van der Waals surface area contributed by atoms with E-state index in [0.29, 0.717) is 6.61 Å². The van der Waals surface area contributed by atoms with Crippen LogP contribution in [0.25, 0.3) is 0 Å². The number of carboxylic acids is 1. The van der Waals surface area contributed by atoms with Gasteiger partial charge in [-0.2, -0.15) is 0 Å². The lowest BCUT2D eigenvalue weighted by molar-refractivity contribution is -0.138. The smallest absolute Gasteiger partial charge is 0.305 e. The SMILES string of the molecule is CCC(CC)OCCC(=O)O. The Labute approximate surface area is 67.4 Å². The third kappa shape index (κ3) is 5.85. The molecule has 0 amide bonds. The lowest BCUT2D eigenvalue weighted by Gasteiger charge is -2.12. The summed E-state index contributed by atoms with van der Waals surface area (Å²) in [6.45, 7) is 4.41. The summed E-state index contributed by atoms with van der Waals surface area (Å²) in [4.78, 5) is 10.1. The van der Waals surface area contributed by atoms with E-state index in [1.165, 1.54) is 0 Å². The fourth-order valence-electron chi connectivity index (χ4n) is 0.837. The average Bonchev–Trinajstić information content (AvgIpc) is 1.98. The summed E-state index contributed by atoms with van der Waals surface area (Å²) in [6, 6.07) is 0. The lowest BCUT2D eigenvalue weighted by atomic mass is 10.2. The topological polar surface area (TPSA) is 46.5 Å². The highest BCUT2D eigenvalue weighted by Gasteiger charge is 2.03. The Hall–Kier alpha value is -0.570. The van der Waals surface area contributed by atoms with Gasteiger partial charge in [0.1, 0.15) is 0 Å². The minimum Gasteiger partial charge on any atom is -0.481 e. The van der Waals surface area contributed by atoms with E-state index in [0.717, 1.165) is 12.8 Å². The van der Waals surface area contributed by atoms with Crippen LogP contribution in [0.4, 0.5) is 0 Å². The second-order valence-electron chi connectivity index (χ2n) is 2.45. The summed E-state index contributed by atoms with van der Waals surface area (Å²) < 4.78 is 5.27. The number of rotatable bonds is 6. The molecule has 0 saturated heterocycles. The first kappa shape index (κ1) is 10.4.